The van der Waals surface area contributed by atoms with E-state index in [2.05, 4.69) is 10.1 Å². The Balaban J connectivity index is 1.75. The van der Waals surface area contributed by atoms with Crippen LogP contribution in [0.5, 0.6) is 5.75 Å². The molecule has 2 unspecified atom stereocenters. The van der Waals surface area contributed by atoms with Crippen LogP contribution in [0.2, 0.25) is 0 Å². The lowest BCUT2D eigenvalue weighted by Gasteiger charge is -2.32. The van der Waals surface area contributed by atoms with E-state index in [0.717, 1.165) is 36.1 Å². The van der Waals surface area contributed by atoms with E-state index in [1.807, 2.05) is 0 Å². The molecule has 1 aliphatic carbocycles. The molecule has 0 amide bonds. The van der Waals surface area contributed by atoms with Crippen molar-refractivity contribution in [3.63, 3.8) is 0 Å². The third kappa shape index (κ3) is 4.87. The van der Waals surface area contributed by atoms with Gasteiger partial charge in [0.1, 0.15) is 18.0 Å². The molecule has 1 saturated carbocycles. The molecule has 0 aliphatic heterocycles. The summed E-state index contributed by atoms with van der Waals surface area (Å²) in [6.07, 6.45) is 1.38. The molecule has 2 atom stereocenters. The topological polar surface area (TPSA) is 57.0 Å². The van der Waals surface area contributed by atoms with Gasteiger partial charge < -0.3 is 4.74 Å². The van der Waals surface area contributed by atoms with E-state index in [1.165, 1.54) is 6.20 Å². The summed E-state index contributed by atoms with van der Waals surface area (Å²) in [6, 6.07) is 5.13. The molecule has 0 radical (unpaired) electrons. The fourth-order valence-corrected chi connectivity index (χ4v) is 3.72. The average molecular weight is 381 g/mol. The second-order valence-corrected chi connectivity index (χ2v) is 6.94. The molecule has 5 nitrogen and oxygen atoms in total. The van der Waals surface area contributed by atoms with Gasteiger partial charge in [-0.15, -0.1) is 0 Å². The lowest BCUT2D eigenvalue weighted by Crippen LogP contribution is -2.28. The lowest BCUT2D eigenvalue weighted by atomic mass is 9.78. The van der Waals surface area contributed by atoms with E-state index in [0.29, 0.717) is 24.3 Å². The summed E-state index contributed by atoms with van der Waals surface area (Å²) in [4.78, 5) is 15.3. The summed E-state index contributed by atoms with van der Waals surface area (Å²) >= 11 is 0. The maximum Gasteiger partial charge on any atom is 0.408 e. The smallest absolute Gasteiger partial charge is 0.408 e. The first-order chi connectivity index (χ1) is 12.9. The van der Waals surface area contributed by atoms with Crippen LogP contribution < -0.4 is 4.74 Å². The van der Waals surface area contributed by atoms with Gasteiger partial charge in [-0.05, 0) is 38.0 Å². The number of halogens is 3. The first-order valence-electron chi connectivity index (χ1n) is 9.01. The number of rotatable bonds is 6. The minimum atomic E-state index is -4.31. The Labute approximate surface area is 155 Å². The van der Waals surface area contributed by atoms with Crippen LogP contribution in [0, 0.1) is 12.8 Å². The molecule has 0 aromatic carbocycles. The highest BCUT2D eigenvalue weighted by molar-refractivity contribution is 5.76. The summed E-state index contributed by atoms with van der Waals surface area (Å²) < 4.78 is 45.4. The third-order valence-electron chi connectivity index (χ3n) is 4.96. The van der Waals surface area contributed by atoms with Gasteiger partial charge in [0.15, 0.2) is 6.29 Å². The van der Waals surface area contributed by atoms with Crippen molar-refractivity contribution in [3.05, 3.63) is 41.5 Å². The molecule has 27 heavy (non-hydrogen) atoms. The highest BCUT2D eigenvalue weighted by Crippen LogP contribution is 2.38. The minimum absolute atomic E-state index is 0.0540. The fraction of sp³-hybridized carbons (Fsp3) is 0.526. The van der Waals surface area contributed by atoms with Crippen molar-refractivity contribution in [2.24, 2.45) is 5.92 Å². The lowest BCUT2D eigenvalue weighted by molar-refractivity contribution is -0.143. The van der Waals surface area contributed by atoms with Crippen LogP contribution in [0.4, 0.5) is 13.2 Å². The Morgan fingerprint density at radius 2 is 2.04 bits per heavy atom. The molecule has 3 rings (SSSR count). The predicted molar refractivity (Wildman–Crippen MR) is 92.8 cm³/mol. The molecular weight excluding hydrogens is 359 g/mol. The number of hydrogen-bond acceptors (Lipinski definition) is 4. The quantitative estimate of drug-likeness (QED) is 0.700. The van der Waals surface area contributed by atoms with Crippen LogP contribution in [-0.2, 0) is 6.54 Å². The Hall–Kier alpha value is -2.38. The van der Waals surface area contributed by atoms with Gasteiger partial charge in [-0.1, -0.05) is 12.8 Å². The zero-order valence-corrected chi connectivity index (χ0v) is 15.1. The van der Waals surface area contributed by atoms with E-state index in [1.54, 1.807) is 25.1 Å². The summed E-state index contributed by atoms with van der Waals surface area (Å²) in [5, 5.41) is 3.87. The van der Waals surface area contributed by atoms with Crippen LogP contribution >= 0.6 is 0 Å². The number of carbonyl (C=O) groups is 1. The monoisotopic (exact) mass is 381 g/mol. The highest BCUT2D eigenvalue weighted by atomic mass is 19.4. The van der Waals surface area contributed by atoms with Crippen molar-refractivity contribution in [1.29, 1.82) is 0 Å². The first kappa shape index (κ1) is 19.4. The van der Waals surface area contributed by atoms with E-state index in [-0.39, 0.29) is 17.5 Å². The van der Waals surface area contributed by atoms with Crippen molar-refractivity contribution < 1.29 is 22.7 Å². The van der Waals surface area contributed by atoms with Crippen molar-refractivity contribution in [3.8, 4) is 5.75 Å². The number of aryl methyl sites for hydroxylation is 1. The van der Waals surface area contributed by atoms with Crippen molar-refractivity contribution in [2.45, 2.75) is 51.2 Å². The molecule has 0 bridgehead atoms. The molecule has 1 fully saturated rings. The largest absolute Gasteiger partial charge is 0.491 e. The Bertz CT molecular complexity index is 789. The molecule has 0 N–H and O–H groups in total. The van der Waals surface area contributed by atoms with Crippen molar-refractivity contribution in [1.82, 2.24) is 14.8 Å². The minimum Gasteiger partial charge on any atom is -0.491 e. The SMILES string of the molecule is Cc1ccc(OCC2CCCCC2c2ccnn2CC(F)(F)F)c(C=O)n1. The highest BCUT2D eigenvalue weighted by Gasteiger charge is 2.34. The number of pyridine rings is 1. The molecule has 0 saturated heterocycles. The van der Waals surface area contributed by atoms with Crippen LogP contribution in [-0.4, -0.2) is 33.8 Å². The predicted octanol–water partition coefficient (Wildman–Crippen LogP) is 4.31. The molecule has 2 aromatic rings. The zero-order chi connectivity index (χ0) is 19.4. The van der Waals surface area contributed by atoms with Gasteiger partial charge in [0.2, 0.25) is 0 Å². The summed E-state index contributed by atoms with van der Waals surface area (Å²) in [7, 11) is 0. The van der Waals surface area contributed by atoms with E-state index in [4.69, 9.17) is 4.74 Å². The summed E-state index contributed by atoms with van der Waals surface area (Å²) in [6.45, 7) is 1.03. The van der Waals surface area contributed by atoms with Crippen LogP contribution in [0.3, 0.4) is 0 Å². The molecule has 1 aliphatic rings. The number of hydrogen-bond donors (Lipinski definition) is 0. The third-order valence-corrected chi connectivity index (χ3v) is 4.96. The number of alkyl halides is 3. The number of aldehydes is 1. The Morgan fingerprint density at radius 3 is 2.78 bits per heavy atom. The van der Waals surface area contributed by atoms with Gasteiger partial charge in [0.05, 0.1) is 6.61 Å². The van der Waals surface area contributed by atoms with Crippen LogP contribution in [0.1, 0.15) is 53.5 Å². The molecular formula is C19H22F3N3O2. The Morgan fingerprint density at radius 1 is 1.26 bits per heavy atom. The second-order valence-electron chi connectivity index (χ2n) is 6.94. The van der Waals surface area contributed by atoms with Gasteiger partial charge >= 0.3 is 6.18 Å². The molecule has 2 aromatic heterocycles. The van der Waals surface area contributed by atoms with Gasteiger partial charge in [-0.3, -0.25) is 9.48 Å². The van der Waals surface area contributed by atoms with E-state index in [9.17, 15) is 18.0 Å². The van der Waals surface area contributed by atoms with Gasteiger partial charge in [-0.25, -0.2) is 4.98 Å². The Kier molecular flexibility index (Phi) is 5.82. The van der Waals surface area contributed by atoms with E-state index < -0.39 is 12.7 Å². The summed E-state index contributed by atoms with van der Waals surface area (Å²) in [5.41, 5.74) is 1.55. The maximum absolute atomic E-state index is 12.8. The average Bonchev–Trinajstić information content (AvgIpc) is 3.06. The molecule has 8 heteroatoms. The van der Waals surface area contributed by atoms with Crippen molar-refractivity contribution >= 4 is 6.29 Å². The van der Waals surface area contributed by atoms with Crippen molar-refractivity contribution in [2.75, 3.05) is 6.61 Å². The normalized spacial score (nSPS) is 20.4. The summed E-state index contributed by atoms with van der Waals surface area (Å²) in [5.74, 6) is 0.411. The standard InChI is InChI=1S/C19H22F3N3O2/c1-13-6-7-18(16(10-26)24-13)27-11-14-4-2-3-5-15(14)17-8-9-23-25(17)12-19(20,21)22/h6-10,14-15H,2-5,11-12H2,1H3. The maximum atomic E-state index is 12.8. The fourth-order valence-electron chi connectivity index (χ4n) is 3.72. The van der Waals surface area contributed by atoms with Crippen LogP contribution in [0.15, 0.2) is 24.4 Å². The molecule has 2 heterocycles. The van der Waals surface area contributed by atoms with Crippen LogP contribution in [0.25, 0.3) is 0 Å². The molecule has 146 valence electrons. The zero-order valence-electron chi connectivity index (χ0n) is 15.1. The van der Waals surface area contributed by atoms with E-state index >= 15 is 0 Å². The number of aromatic nitrogens is 3. The first-order valence-corrected chi connectivity index (χ1v) is 9.01. The number of carbonyl (C=O) groups excluding carboxylic acids is 1. The van der Waals surface area contributed by atoms with Gasteiger partial charge in [0, 0.05) is 29.4 Å². The van der Waals surface area contributed by atoms with Gasteiger partial charge in [-0.2, -0.15) is 18.3 Å². The number of ether oxygens (including phenoxy) is 1. The van der Waals surface area contributed by atoms with Gasteiger partial charge in [0.25, 0.3) is 0 Å². The molecule has 0 spiro atoms. The second kappa shape index (κ2) is 8.10. The number of nitrogens with zero attached hydrogens (tertiary/aromatic N) is 3.